The molecule has 1 aliphatic carbocycles. The summed E-state index contributed by atoms with van der Waals surface area (Å²) in [6, 6.07) is 5.16. The predicted molar refractivity (Wildman–Crippen MR) is 102 cm³/mol. The zero-order chi connectivity index (χ0) is 19.8. The Labute approximate surface area is 163 Å². The van der Waals surface area contributed by atoms with E-state index in [1.165, 1.54) is 4.74 Å². The molecule has 1 aromatic rings. The van der Waals surface area contributed by atoms with Gasteiger partial charge in [-0.2, -0.15) is 0 Å². The molecule has 0 radical (unpaired) electrons. The summed E-state index contributed by atoms with van der Waals surface area (Å²) < 4.78 is 6.50. The van der Waals surface area contributed by atoms with Gasteiger partial charge in [0.05, 0.1) is 29.7 Å². The first-order chi connectivity index (χ1) is 13.3. The second-order valence-corrected chi connectivity index (χ2v) is 8.78. The number of methoxy groups -OCH3 is 1. The molecule has 2 atom stereocenters. The highest BCUT2D eigenvalue weighted by atomic mass is 16.5. The maximum Gasteiger partial charge on any atom is 0.269 e. The molecular formula is C21H24N3O4+. The summed E-state index contributed by atoms with van der Waals surface area (Å²) in [6.07, 6.45) is 3.82. The van der Waals surface area contributed by atoms with Gasteiger partial charge in [0.2, 0.25) is 11.6 Å². The highest BCUT2D eigenvalue weighted by Gasteiger charge is 2.60. The first kappa shape index (κ1) is 17.3. The van der Waals surface area contributed by atoms with Gasteiger partial charge < -0.3 is 15.0 Å². The van der Waals surface area contributed by atoms with E-state index >= 15 is 0 Å². The van der Waals surface area contributed by atoms with Gasteiger partial charge in [0.1, 0.15) is 17.3 Å². The molecule has 0 saturated carbocycles. The van der Waals surface area contributed by atoms with Crippen molar-refractivity contribution in [3.05, 3.63) is 29.8 Å². The SMILES string of the molecule is COc1ccc2c(c1)[N+](O)=C1C2=C[C@]2(CC1(C)C)NC(=O)[C@@H]1CCCN1C2=O. The van der Waals surface area contributed by atoms with Crippen molar-refractivity contribution in [3.63, 3.8) is 0 Å². The average molecular weight is 382 g/mol. The highest BCUT2D eigenvalue weighted by Crippen LogP contribution is 2.49. The fourth-order valence-electron chi connectivity index (χ4n) is 5.39. The van der Waals surface area contributed by atoms with E-state index in [4.69, 9.17) is 4.74 Å². The molecule has 0 unspecified atom stereocenters. The summed E-state index contributed by atoms with van der Waals surface area (Å²) in [7, 11) is 1.58. The van der Waals surface area contributed by atoms with Crippen LogP contribution in [0.1, 0.15) is 38.7 Å². The Morgan fingerprint density at radius 2 is 2.11 bits per heavy atom. The molecule has 7 heteroatoms. The maximum atomic E-state index is 13.5. The number of fused-ring (bicyclic) bond motifs is 4. The van der Waals surface area contributed by atoms with Gasteiger partial charge in [0, 0.05) is 11.3 Å². The van der Waals surface area contributed by atoms with E-state index in [2.05, 4.69) is 5.32 Å². The molecule has 2 saturated heterocycles. The van der Waals surface area contributed by atoms with Gasteiger partial charge in [-0.1, -0.05) is 0 Å². The van der Waals surface area contributed by atoms with Gasteiger partial charge in [-0.05, 0) is 51.3 Å². The third-order valence-corrected chi connectivity index (χ3v) is 6.49. The number of nitrogens with one attached hydrogen (secondary N) is 1. The fourth-order valence-corrected chi connectivity index (χ4v) is 5.39. The van der Waals surface area contributed by atoms with Crippen molar-refractivity contribution in [1.82, 2.24) is 10.2 Å². The van der Waals surface area contributed by atoms with Gasteiger partial charge in [-0.3, -0.25) is 14.8 Å². The number of amides is 2. The van der Waals surface area contributed by atoms with E-state index in [1.807, 2.05) is 32.1 Å². The number of nitrogens with zero attached hydrogens (tertiary/aromatic N) is 2. The van der Waals surface area contributed by atoms with Gasteiger partial charge in [-0.25, -0.2) is 0 Å². The molecule has 146 valence electrons. The van der Waals surface area contributed by atoms with Crippen molar-refractivity contribution in [2.45, 2.75) is 44.7 Å². The Hall–Kier alpha value is -2.83. The quantitative estimate of drug-likeness (QED) is 0.574. The van der Waals surface area contributed by atoms with E-state index in [0.717, 1.165) is 29.7 Å². The van der Waals surface area contributed by atoms with Crippen LogP contribution in [0, 0.1) is 5.41 Å². The van der Waals surface area contributed by atoms with Crippen molar-refractivity contribution >= 4 is 28.8 Å². The van der Waals surface area contributed by atoms with Crippen molar-refractivity contribution in [2.75, 3.05) is 13.7 Å². The smallest absolute Gasteiger partial charge is 0.269 e. The first-order valence-electron chi connectivity index (χ1n) is 9.69. The van der Waals surface area contributed by atoms with Crippen molar-refractivity contribution < 1.29 is 24.3 Å². The molecular weight excluding hydrogens is 358 g/mol. The van der Waals surface area contributed by atoms with Crippen molar-refractivity contribution in [2.24, 2.45) is 5.41 Å². The van der Waals surface area contributed by atoms with Gasteiger partial charge in [0.25, 0.3) is 11.6 Å². The van der Waals surface area contributed by atoms with Crippen LogP contribution in [-0.4, -0.2) is 57.6 Å². The molecule has 2 N–H and O–H groups in total. The molecule has 0 bridgehead atoms. The maximum absolute atomic E-state index is 13.5. The lowest BCUT2D eigenvalue weighted by Gasteiger charge is -2.46. The second kappa shape index (κ2) is 5.37. The summed E-state index contributed by atoms with van der Waals surface area (Å²) >= 11 is 0. The number of carbonyl (C=O) groups is 2. The van der Waals surface area contributed by atoms with Crippen LogP contribution in [0.25, 0.3) is 5.57 Å². The van der Waals surface area contributed by atoms with E-state index in [-0.39, 0.29) is 17.9 Å². The van der Waals surface area contributed by atoms with Crippen LogP contribution in [0.15, 0.2) is 24.3 Å². The zero-order valence-corrected chi connectivity index (χ0v) is 16.3. The van der Waals surface area contributed by atoms with E-state index < -0.39 is 11.0 Å². The van der Waals surface area contributed by atoms with Crippen LogP contribution in [-0.2, 0) is 9.59 Å². The summed E-state index contributed by atoms with van der Waals surface area (Å²) in [4.78, 5) is 28.0. The third kappa shape index (κ3) is 2.07. The molecule has 1 spiro atoms. The summed E-state index contributed by atoms with van der Waals surface area (Å²) in [6.45, 7) is 4.62. The molecule has 3 heterocycles. The number of hydrogen-bond donors (Lipinski definition) is 2. The monoisotopic (exact) mass is 382 g/mol. The Bertz CT molecular complexity index is 993. The Morgan fingerprint density at radius 3 is 2.86 bits per heavy atom. The fraction of sp³-hybridized carbons (Fsp3) is 0.476. The van der Waals surface area contributed by atoms with E-state index in [9.17, 15) is 14.8 Å². The van der Waals surface area contributed by atoms with Crippen LogP contribution < -0.4 is 10.1 Å². The molecule has 5 rings (SSSR count). The van der Waals surface area contributed by atoms with Crippen LogP contribution in [0.5, 0.6) is 5.75 Å². The summed E-state index contributed by atoms with van der Waals surface area (Å²) in [5.74, 6) is 0.523. The molecule has 4 aliphatic rings. The Kier molecular flexibility index (Phi) is 3.31. The first-order valence-corrected chi connectivity index (χ1v) is 9.69. The topological polar surface area (TPSA) is 81.9 Å². The number of ether oxygens (including phenoxy) is 1. The molecule has 1 aromatic carbocycles. The number of piperazine rings is 1. The predicted octanol–water partition coefficient (Wildman–Crippen LogP) is 1.86. The molecule has 3 aliphatic heterocycles. The number of hydrogen-bond acceptors (Lipinski definition) is 4. The van der Waals surface area contributed by atoms with Crippen molar-refractivity contribution in [3.8, 4) is 5.75 Å². The lowest BCUT2D eigenvalue weighted by Crippen LogP contribution is -2.70. The van der Waals surface area contributed by atoms with E-state index in [0.29, 0.717) is 24.4 Å². The van der Waals surface area contributed by atoms with Crippen LogP contribution in [0.4, 0.5) is 5.69 Å². The lowest BCUT2D eigenvalue weighted by molar-refractivity contribution is -0.712. The number of rotatable bonds is 1. The van der Waals surface area contributed by atoms with Gasteiger partial charge in [0.15, 0.2) is 0 Å². The van der Waals surface area contributed by atoms with Crippen molar-refractivity contribution in [1.29, 1.82) is 0 Å². The van der Waals surface area contributed by atoms with Crippen LogP contribution in [0.2, 0.25) is 0 Å². The van der Waals surface area contributed by atoms with E-state index in [1.54, 1.807) is 18.1 Å². The van der Waals surface area contributed by atoms with Crippen LogP contribution in [0.3, 0.4) is 0 Å². The highest BCUT2D eigenvalue weighted by molar-refractivity contribution is 6.29. The average Bonchev–Trinajstić information content (AvgIpc) is 3.24. The lowest BCUT2D eigenvalue weighted by atomic mass is 9.66. The van der Waals surface area contributed by atoms with Gasteiger partial charge in [-0.15, -0.1) is 0 Å². The summed E-state index contributed by atoms with van der Waals surface area (Å²) in [5.41, 5.74) is 1.38. The third-order valence-electron chi connectivity index (χ3n) is 6.49. The zero-order valence-electron chi connectivity index (χ0n) is 16.3. The molecule has 2 amide bonds. The largest absolute Gasteiger partial charge is 0.497 e. The minimum absolute atomic E-state index is 0.0410. The second-order valence-electron chi connectivity index (χ2n) is 8.78. The van der Waals surface area contributed by atoms with Crippen LogP contribution >= 0.6 is 0 Å². The minimum atomic E-state index is -1.08. The molecule has 7 nitrogen and oxygen atoms in total. The summed E-state index contributed by atoms with van der Waals surface area (Å²) in [5, 5.41) is 13.9. The molecule has 2 fully saturated rings. The number of allylic oxidation sites excluding steroid dienone is 1. The normalized spacial score (nSPS) is 30.0. The number of carbonyl (C=O) groups excluding carboxylic acids is 2. The Balaban J connectivity index is 1.70. The number of benzene rings is 1. The Morgan fingerprint density at radius 1 is 1.32 bits per heavy atom. The standard InChI is InChI=1S/C21H23N3O4/c1-20(2)11-21(19(26)23-8-4-5-15(23)18(25)22-21)10-14-13-7-6-12(28-3)9-16(13)24(27)17(14)20/h6-7,9-10,15H,4-5,8,11H2,1-3H3,(H-,22,25,27)/p+1/t15-,21+/m0/s1. The minimum Gasteiger partial charge on any atom is -0.497 e. The molecule has 28 heavy (non-hydrogen) atoms. The molecule has 0 aromatic heterocycles. The van der Waals surface area contributed by atoms with Gasteiger partial charge >= 0.3 is 0 Å².